The molecule has 0 amide bonds. The van der Waals surface area contributed by atoms with Gasteiger partial charge in [-0.05, 0) is 24.6 Å². The maximum Gasteiger partial charge on any atom is 0.334 e. The van der Waals surface area contributed by atoms with E-state index < -0.39 is 0 Å². The van der Waals surface area contributed by atoms with Gasteiger partial charge in [0.05, 0.1) is 7.11 Å². The van der Waals surface area contributed by atoms with Gasteiger partial charge in [0.25, 0.3) is 0 Å². The van der Waals surface area contributed by atoms with Gasteiger partial charge in [-0.25, -0.2) is 4.79 Å². The lowest BCUT2D eigenvalue weighted by atomic mass is 9.93. The summed E-state index contributed by atoms with van der Waals surface area (Å²) in [7, 11) is 1.63. The predicted molar refractivity (Wildman–Crippen MR) is 64.7 cm³/mol. The summed E-state index contributed by atoms with van der Waals surface area (Å²) in [5.74, 6) is 0.693. The summed E-state index contributed by atoms with van der Waals surface area (Å²) < 4.78 is 10.5. The lowest BCUT2D eigenvalue weighted by molar-refractivity contribution is -0.139. The number of hydrogen-bond donors (Lipinski definition) is 0. The third kappa shape index (κ3) is 2.05. The van der Waals surface area contributed by atoms with Crippen LogP contribution in [0.15, 0.2) is 35.9 Å². The van der Waals surface area contributed by atoms with Crippen LogP contribution in [0.3, 0.4) is 0 Å². The second-order valence-electron chi connectivity index (χ2n) is 4.13. The maximum atomic E-state index is 11.6. The van der Waals surface area contributed by atoms with E-state index in [1.165, 1.54) is 0 Å². The third-order valence-corrected chi connectivity index (χ3v) is 3.17. The van der Waals surface area contributed by atoms with Crippen molar-refractivity contribution < 1.29 is 14.3 Å². The van der Waals surface area contributed by atoms with Crippen molar-refractivity contribution in [1.82, 2.24) is 0 Å². The van der Waals surface area contributed by atoms with Crippen molar-refractivity contribution in [3.63, 3.8) is 0 Å². The highest BCUT2D eigenvalue weighted by Gasteiger charge is 2.36. The average Bonchev–Trinajstić information content (AvgIpc) is 2.64. The molecule has 1 fully saturated rings. The van der Waals surface area contributed by atoms with E-state index in [1.54, 1.807) is 7.11 Å². The van der Waals surface area contributed by atoms with E-state index in [-0.39, 0.29) is 18.0 Å². The number of carbonyl (C=O) groups is 1. The lowest BCUT2D eigenvalue weighted by Gasteiger charge is -2.14. The minimum atomic E-state index is -0.208. The smallest absolute Gasteiger partial charge is 0.334 e. The molecule has 1 aromatic rings. The molecule has 0 aliphatic carbocycles. The van der Waals surface area contributed by atoms with Crippen LogP contribution in [0.5, 0.6) is 5.75 Å². The Morgan fingerprint density at radius 3 is 2.41 bits per heavy atom. The van der Waals surface area contributed by atoms with Gasteiger partial charge >= 0.3 is 5.97 Å². The molecule has 1 heterocycles. The zero-order chi connectivity index (χ0) is 12.4. The Labute approximate surface area is 101 Å². The van der Waals surface area contributed by atoms with Crippen molar-refractivity contribution >= 4 is 5.97 Å². The van der Waals surface area contributed by atoms with Crippen molar-refractivity contribution in [3.8, 4) is 5.75 Å². The van der Waals surface area contributed by atoms with E-state index >= 15 is 0 Å². The summed E-state index contributed by atoms with van der Waals surface area (Å²) in [6.07, 6.45) is 1.65. The number of ether oxygens (including phenoxy) is 2. The van der Waals surface area contributed by atoms with E-state index in [1.807, 2.05) is 44.2 Å². The molecule has 1 aliphatic heterocycles. The molecule has 0 N–H and O–H groups in total. The summed E-state index contributed by atoms with van der Waals surface area (Å²) >= 11 is 0. The molecule has 0 bridgehead atoms. The minimum absolute atomic E-state index is 0.0981. The van der Waals surface area contributed by atoms with E-state index in [4.69, 9.17) is 9.47 Å². The highest BCUT2D eigenvalue weighted by Crippen LogP contribution is 2.38. The largest absolute Gasteiger partial charge is 0.497 e. The van der Waals surface area contributed by atoms with Gasteiger partial charge in [-0.2, -0.15) is 0 Å². The molecule has 2 rings (SSSR count). The SMILES string of the molecule is C/C=C1\C(=O)O[C@H](c2ccc(OC)cc2)[C@H]1C. The Morgan fingerprint density at radius 1 is 1.29 bits per heavy atom. The Bertz CT molecular complexity index is 445. The number of rotatable bonds is 2. The first kappa shape index (κ1) is 11.7. The number of carbonyl (C=O) groups excluding carboxylic acids is 1. The van der Waals surface area contributed by atoms with Crippen LogP contribution in [0.1, 0.15) is 25.5 Å². The molecule has 0 radical (unpaired) electrons. The van der Waals surface area contributed by atoms with Gasteiger partial charge in [0.15, 0.2) is 0 Å². The molecule has 3 heteroatoms. The molecule has 1 saturated heterocycles. The van der Waals surface area contributed by atoms with Crippen LogP contribution in [-0.4, -0.2) is 13.1 Å². The first-order valence-corrected chi connectivity index (χ1v) is 5.68. The average molecular weight is 232 g/mol. The number of benzene rings is 1. The Hall–Kier alpha value is -1.77. The lowest BCUT2D eigenvalue weighted by Crippen LogP contribution is -2.04. The number of methoxy groups -OCH3 is 1. The number of hydrogen-bond acceptors (Lipinski definition) is 3. The molecule has 1 aliphatic rings. The van der Waals surface area contributed by atoms with Crippen LogP contribution >= 0.6 is 0 Å². The highest BCUT2D eigenvalue weighted by molar-refractivity contribution is 5.91. The Morgan fingerprint density at radius 2 is 1.94 bits per heavy atom. The Balaban J connectivity index is 2.26. The highest BCUT2D eigenvalue weighted by atomic mass is 16.6. The second kappa shape index (κ2) is 4.62. The van der Waals surface area contributed by atoms with Crippen LogP contribution in [-0.2, 0) is 9.53 Å². The fourth-order valence-electron chi connectivity index (χ4n) is 2.17. The molecule has 90 valence electrons. The quantitative estimate of drug-likeness (QED) is 0.581. The topological polar surface area (TPSA) is 35.5 Å². The molecule has 3 nitrogen and oxygen atoms in total. The van der Waals surface area contributed by atoms with Gasteiger partial charge in [0, 0.05) is 11.5 Å². The Kier molecular flexibility index (Phi) is 3.18. The standard InChI is InChI=1S/C14H16O3/c1-4-12-9(2)13(17-14(12)15)10-5-7-11(16-3)8-6-10/h4-9,13H,1-3H3/b12-4-/t9-,13-/m0/s1. The van der Waals surface area contributed by atoms with Crippen LogP contribution in [0.25, 0.3) is 0 Å². The maximum absolute atomic E-state index is 11.6. The monoisotopic (exact) mass is 232 g/mol. The van der Waals surface area contributed by atoms with Gasteiger partial charge in [-0.3, -0.25) is 0 Å². The van der Waals surface area contributed by atoms with E-state index in [0.717, 1.165) is 16.9 Å². The molecule has 0 aromatic heterocycles. The molecular formula is C14H16O3. The first-order chi connectivity index (χ1) is 8.17. The zero-order valence-corrected chi connectivity index (χ0v) is 10.3. The molecule has 0 saturated carbocycles. The zero-order valence-electron chi connectivity index (χ0n) is 10.3. The third-order valence-electron chi connectivity index (χ3n) is 3.17. The first-order valence-electron chi connectivity index (χ1n) is 5.68. The minimum Gasteiger partial charge on any atom is -0.497 e. The number of cyclic esters (lactones) is 1. The van der Waals surface area contributed by atoms with Gasteiger partial charge in [0.1, 0.15) is 11.9 Å². The van der Waals surface area contributed by atoms with E-state index in [0.29, 0.717) is 0 Å². The summed E-state index contributed by atoms with van der Waals surface area (Å²) in [5, 5.41) is 0. The fraction of sp³-hybridized carbons (Fsp3) is 0.357. The van der Waals surface area contributed by atoms with Gasteiger partial charge in [0.2, 0.25) is 0 Å². The van der Waals surface area contributed by atoms with Crippen LogP contribution in [0, 0.1) is 5.92 Å². The van der Waals surface area contributed by atoms with Crippen molar-refractivity contribution in [2.24, 2.45) is 5.92 Å². The molecule has 2 atom stereocenters. The summed E-state index contributed by atoms with van der Waals surface area (Å²) in [6.45, 7) is 3.87. The fourth-order valence-corrected chi connectivity index (χ4v) is 2.17. The predicted octanol–water partition coefficient (Wildman–Crippen LogP) is 2.88. The number of esters is 1. The van der Waals surface area contributed by atoms with E-state index in [9.17, 15) is 4.79 Å². The second-order valence-corrected chi connectivity index (χ2v) is 4.13. The molecule has 1 aromatic carbocycles. The van der Waals surface area contributed by atoms with Crippen LogP contribution < -0.4 is 4.74 Å². The van der Waals surface area contributed by atoms with E-state index in [2.05, 4.69) is 0 Å². The normalized spacial score (nSPS) is 26.1. The van der Waals surface area contributed by atoms with Gasteiger partial charge < -0.3 is 9.47 Å². The summed E-state index contributed by atoms with van der Waals surface area (Å²) in [5.41, 5.74) is 1.76. The number of allylic oxidation sites excluding steroid dienone is 1. The van der Waals surface area contributed by atoms with Crippen molar-refractivity contribution in [1.29, 1.82) is 0 Å². The van der Waals surface area contributed by atoms with Crippen LogP contribution in [0.4, 0.5) is 0 Å². The van der Waals surface area contributed by atoms with Gasteiger partial charge in [-0.15, -0.1) is 0 Å². The van der Waals surface area contributed by atoms with Crippen molar-refractivity contribution in [2.75, 3.05) is 7.11 Å². The summed E-state index contributed by atoms with van der Waals surface area (Å²) in [4.78, 5) is 11.6. The summed E-state index contributed by atoms with van der Waals surface area (Å²) in [6, 6.07) is 7.63. The van der Waals surface area contributed by atoms with Crippen LogP contribution in [0.2, 0.25) is 0 Å². The molecule has 0 spiro atoms. The van der Waals surface area contributed by atoms with Crippen molar-refractivity contribution in [3.05, 3.63) is 41.5 Å². The molecule has 17 heavy (non-hydrogen) atoms. The van der Waals surface area contributed by atoms with Gasteiger partial charge in [-0.1, -0.05) is 25.1 Å². The van der Waals surface area contributed by atoms with Crippen molar-refractivity contribution in [2.45, 2.75) is 20.0 Å². The molecular weight excluding hydrogens is 216 g/mol. The molecule has 0 unspecified atom stereocenters.